The Morgan fingerprint density at radius 1 is 1.55 bits per heavy atom. The number of hydrogen-bond acceptors (Lipinski definition) is 5. The second kappa shape index (κ2) is 6.82. The molecule has 9 heteroatoms. The van der Waals surface area contributed by atoms with Crippen molar-refractivity contribution in [1.29, 1.82) is 0 Å². The minimum absolute atomic E-state index is 0.183. The van der Waals surface area contributed by atoms with E-state index in [0.29, 0.717) is 6.42 Å². The summed E-state index contributed by atoms with van der Waals surface area (Å²) < 4.78 is 32.0. The second-order valence-corrected chi connectivity index (χ2v) is 6.04. The first-order valence-electron chi connectivity index (χ1n) is 6.13. The van der Waals surface area contributed by atoms with Gasteiger partial charge in [-0.15, -0.1) is 0 Å². The fourth-order valence-corrected chi connectivity index (χ4v) is 3.48. The van der Waals surface area contributed by atoms with Gasteiger partial charge in [0.15, 0.2) is 5.69 Å². The number of rotatable bonds is 8. The van der Waals surface area contributed by atoms with Crippen LogP contribution in [0.15, 0.2) is 4.90 Å². The molecule has 1 heterocycles. The largest absolute Gasteiger partial charge is 0.476 e. The van der Waals surface area contributed by atoms with E-state index in [1.165, 1.54) is 14.0 Å². The summed E-state index contributed by atoms with van der Waals surface area (Å²) >= 11 is 0. The van der Waals surface area contributed by atoms with Crippen LogP contribution in [-0.4, -0.2) is 49.4 Å². The Balaban J connectivity index is 3.10. The van der Waals surface area contributed by atoms with E-state index < -0.39 is 27.7 Å². The van der Waals surface area contributed by atoms with Gasteiger partial charge in [-0.3, -0.25) is 5.10 Å². The topological polar surface area (TPSA) is 121 Å². The highest BCUT2D eigenvalue weighted by atomic mass is 32.2. The first kappa shape index (κ1) is 16.6. The van der Waals surface area contributed by atoms with Gasteiger partial charge in [0, 0.05) is 13.2 Å². The summed E-state index contributed by atoms with van der Waals surface area (Å²) in [5.74, 6) is -1.39. The number of hydrogen-bond donors (Lipinski definition) is 3. The zero-order chi connectivity index (χ0) is 15.3. The highest BCUT2D eigenvalue weighted by molar-refractivity contribution is 7.89. The number of aromatic nitrogens is 2. The molecule has 0 saturated heterocycles. The first-order valence-corrected chi connectivity index (χ1v) is 7.61. The molecular formula is C11H19N3O5S. The fraction of sp³-hybridized carbons (Fsp3) is 0.636. The maximum absolute atomic E-state index is 12.3. The quantitative estimate of drug-likeness (QED) is 0.643. The highest BCUT2D eigenvalue weighted by Gasteiger charge is 2.29. The zero-order valence-electron chi connectivity index (χ0n) is 11.6. The first-order chi connectivity index (χ1) is 9.33. The summed E-state index contributed by atoms with van der Waals surface area (Å²) in [5.41, 5.74) is -0.328. The molecule has 0 aliphatic carbocycles. The van der Waals surface area contributed by atoms with Crippen molar-refractivity contribution in [3.05, 3.63) is 11.4 Å². The number of carboxylic acid groups (broad SMARTS) is 1. The van der Waals surface area contributed by atoms with E-state index in [4.69, 9.17) is 9.84 Å². The average Bonchev–Trinajstić information content (AvgIpc) is 2.72. The zero-order valence-corrected chi connectivity index (χ0v) is 12.5. The van der Waals surface area contributed by atoms with Gasteiger partial charge in [0.2, 0.25) is 10.0 Å². The van der Waals surface area contributed by atoms with Crippen LogP contribution in [0.5, 0.6) is 0 Å². The SMILES string of the molecule is CCCC(COC)NS(=O)(=O)c1c(C(=O)O)n[nH]c1C. The van der Waals surface area contributed by atoms with E-state index in [1.807, 2.05) is 6.92 Å². The summed E-state index contributed by atoms with van der Waals surface area (Å²) in [5, 5.41) is 14.9. The molecule has 1 aromatic rings. The molecule has 8 nitrogen and oxygen atoms in total. The fourth-order valence-electron chi connectivity index (χ4n) is 1.90. The Hall–Kier alpha value is -1.45. The normalized spacial score (nSPS) is 13.3. The maximum Gasteiger partial charge on any atom is 0.357 e. The van der Waals surface area contributed by atoms with Gasteiger partial charge >= 0.3 is 5.97 Å². The van der Waals surface area contributed by atoms with Gasteiger partial charge in [0.05, 0.1) is 12.3 Å². The number of aromatic amines is 1. The van der Waals surface area contributed by atoms with Crippen molar-refractivity contribution in [2.24, 2.45) is 0 Å². The van der Waals surface area contributed by atoms with Gasteiger partial charge in [-0.1, -0.05) is 13.3 Å². The van der Waals surface area contributed by atoms with E-state index >= 15 is 0 Å². The number of H-pyrrole nitrogens is 1. The van der Waals surface area contributed by atoms with Crippen molar-refractivity contribution in [3.63, 3.8) is 0 Å². The summed E-state index contributed by atoms with van der Waals surface area (Å²) in [7, 11) is -2.50. The molecule has 1 atom stereocenters. The van der Waals surface area contributed by atoms with Crippen LogP contribution in [0.1, 0.15) is 35.9 Å². The lowest BCUT2D eigenvalue weighted by Gasteiger charge is -2.17. The van der Waals surface area contributed by atoms with Crippen LogP contribution in [0.2, 0.25) is 0 Å². The van der Waals surface area contributed by atoms with Gasteiger partial charge in [0.25, 0.3) is 0 Å². The van der Waals surface area contributed by atoms with Crippen LogP contribution in [0.4, 0.5) is 0 Å². The van der Waals surface area contributed by atoms with E-state index in [-0.39, 0.29) is 17.2 Å². The van der Waals surface area contributed by atoms with Crippen molar-refractivity contribution >= 4 is 16.0 Å². The lowest BCUT2D eigenvalue weighted by atomic mass is 10.2. The Morgan fingerprint density at radius 3 is 2.70 bits per heavy atom. The minimum Gasteiger partial charge on any atom is -0.476 e. The molecule has 0 fully saturated rings. The predicted molar refractivity (Wildman–Crippen MR) is 71.2 cm³/mol. The molecule has 0 spiro atoms. The molecule has 0 aromatic carbocycles. The summed E-state index contributed by atoms with van der Waals surface area (Å²) in [6.07, 6.45) is 1.36. The second-order valence-electron chi connectivity index (χ2n) is 4.39. The van der Waals surface area contributed by atoms with Crippen molar-refractivity contribution < 1.29 is 23.1 Å². The number of carboxylic acids is 1. The van der Waals surface area contributed by atoms with Crippen LogP contribution in [0.3, 0.4) is 0 Å². The molecule has 0 aliphatic rings. The number of nitrogens with zero attached hydrogens (tertiary/aromatic N) is 1. The third-order valence-electron chi connectivity index (χ3n) is 2.69. The summed E-state index contributed by atoms with van der Waals surface area (Å²) in [6.45, 7) is 3.59. The number of aryl methyl sites for hydroxylation is 1. The van der Waals surface area contributed by atoms with Crippen molar-refractivity contribution in [2.75, 3.05) is 13.7 Å². The van der Waals surface area contributed by atoms with Crippen LogP contribution < -0.4 is 4.72 Å². The van der Waals surface area contributed by atoms with Crippen LogP contribution in [0.25, 0.3) is 0 Å². The molecule has 0 saturated carbocycles. The number of methoxy groups -OCH3 is 1. The van der Waals surface area contributed by atoms with E-state index in [0.717, 1.165) is 6.42 Å². The minimum atomic E-state index is -3.97. The van der Waals surface area contributed by atoms with Gasteiger partial charge < -0.3 is 9.84 Å². The lowest BCUT2D eigenvalue weighted by molar-refractivity contribution is 0.0686. The molecule has 1 rings (SSSR count). The van der Waals surface area contributed by atoms with Gasteiger partial charge in [0.1, 0.15) is 4.90 Å². The predicted octanol–water partition coefficient (Wildman–Crippen LogP) is 0.510. The smallest absolute Gasteiger partial charge is 0.357 e. The van der Waals surface area contributed by atoms with Crippen molar-refractivity contribution in [3.8, 4) is 0 Å². The van der Waals surface area contributed by atoms with Gasteiger partial charge in [-0.2, -0.15) is 5.10 Å². The average molecular weight is 305 g/mol. The molecular weight excluding hydrogens is 286 g/mol. The highest BCUT2D eigenvalue weighted by Crippen LogP contribution is 2.18. The van der Waals surface area contributed by atoms with E-state index in [9.17, 15) is 13.2 Å². The molecule has 1 aromatic heterocycles. The van der Waals surface area contributed by atoms with Crippen LogP contribution >= 0.6 is 0 Å². The number of nitrogens with one attached hydrogen (secondary N) is 2. The van der Waals surface area contributed by atoms with Crippen molar-refractivity contribution in [2.45, 2.75) is 37.6 Å². The molecule has 3 N–H and O–H groups in total. The standard InChI is InChI=1S/C11H19N3O5S/c1-4-5-8(6-19-3)14-20(17,18)10-7(2)12-13-9(10)11(15)16/h8,14H,4-6H2,1-3H3,(H,12,13)(H,15,16). The summed E-state index contributed by atoms with van der Waals surface area (Å²) in [4.78, 5) is 10.7. The third kappa shape index (κ3) is 3.78. The molecule has 114 valence electrons. The number of aromatic carboxylic acids is 1. The Bertz CT molecular complexity index is 561. The number of ether oxygens (including phenoxy) is 1. The Labute approximate surface area is 117 Å². The lowest BCUT2D eigenvalue weighted by Crippen LogP contribution is -2.38. The molecule has 20 heavy (non-hydrogen) atoms. The monoisotopic (exact) mass is 305 g/mol. The van der Waals surface area contributed by atoms with Crippen LogP contribution in [0, 0.1) is 6.92 Å². The number of sulfonamides is 1. The van der Waals surface area contributed by atoms with Gasteiger partial charge in [-0.25, -0.2) is 17.9 Å². The van der Waals surface area contributed by atoms with Gasteiger partial charge in [-0.05, 0) is 13.3 Å². The molecule has 0 bridgehead atoms. The van der Waals surface area contributed by atoms with Crippen LogP contribution in [-0.2, 0) is 14.8 Å². The third-order valence-corrected chi connectivity index (χ3v) is 4.37. The molecule has 1 unspecified atom stereocenters. The van der Waals surface area contributed by atoms with E-state index in [2.05, 4.69) is 14.9 Å². The molecule has 0 aliphatic heterocycles. The number of carbonyl (C=O) groups is 1. The Kier molecular flexibility index (Phi) is 5.66. The molecule has 0 amide bonds. The van der Waals surface area contributed by atoms with E-state index in [1.54, 1.807) is 0 Å². The summed E-state index contributed by atoms with van der Waals surface area (Å²) in [6, 6.07) is -0.411. The van der Waals surface area contributed by atoms with Crippen molar-refractivity contribution in [1.82, 2.24) is 14.9 Å². The maximum atomic E-state index is 12.3. The molecule has 0 radical (unpaired) electrons. The Morgan fingerprint density at radius 2 is 2.20 bits per heavy atom.